The van der Waals surface area contributed by atoms with Crippen LogP contribution in [0.25, 0.3) is 0 Å². The van der Waals surface area contributed by atoms with Gasteiger partial charge < -0.3 is 28.9 Å². The Kier molecular flexibility index (Phi) is 17.0. The molecule has 294 valence electrons. The first-order valence-corrected chi connectivity index (χ1v) is 18.7. The topological polar surface area (TPSA) is 88.6 Å². The van der Waals surface area contributed by atoms with E-state index in [9.17, 15) is 27.6 Å². The molecule has 3 heterocycles. The highest BCUT2D eigenvalue weighted by Crippen LogP contribution is 2.26. The molecule has 0 N–H and O–H groups in total. The van der Waals surface area contributed by atoms with E-state index in [2.05, 4.69) is 0 Å². The van der Waals surface area contributed by atoms with Gasteiger partial charge in [0.1, 0.15) is 19.8 Å². The van der Waals surface area contributed by atoms with E-state index in [-0.39, 0.29) is 93.6 Å². The van der Waals surface area contributed by atoms with Crippen molar-refractivity contribution in [3.05, 3.63) is 108 Å². The average Bonchev–Trinajstić information content (AvgIpc) is 3.91. The smallest absolute Gasteiger partial charge is 0.410 e. The molecule has 12 heteroatoms. The number of halogens is 3. The predicted octanol–water partition coefficient (Wildman–Crippen LogP) is 8.58. The highest BCUT2D eigenvalue weighted by molar-refractivity contribution is 5.69. The number of hydrogen-bond acceptors (Lipinski definition) is 6. The van der Waals surface area contributed by atoms with Gasteiger partial charge in [-0.05, 0) is 34.4 Å². The average molecular weight is 754 g/mol. The first-order chi connectivity index (χ1) is 26.1. The fourth-order valence-corrected chi connectivity index (χ4v) is 6.58. The molecule has 0 saturated carbocycles. The zero-order valence-corrected chi connectivity index (χ0v) is 31.5. The van der Waals surface area contributed by atoms with Gasteiger partial charge in [-0.2, -0.15) is 0 Å². The molecule has 3 fully saturated rings. The van der Waals surface area contributed by atoms with Crippen LogP contribution in [0.15, 0.2) is 91.0 Å². The molecule has 6 rings (SSSR count). The standard InChI is InChI=1S/3C14H18FNO2/c3*1-11-8-16(9-13(11)7-15)14(17)18-10-12-5-3-2-4-6-12/h3*2-6,11,13H,7-10H2,1H3/t3*11-,13+/m110/s1. The Balaban J connectivity index is 0.000000180. The molecule has 0 aliphatic carbocycles. The summed E-state index contributed by atoms with van der Waals surface area (Å²) in [6, 6.07) is 28.6. The summed E-state index contributed by atoms with van der Waals surface area (Å²) in [6.07, 6.45) is -1.04. The van der Waals surface area contributed by atoms with E-state index in [1.54, 1.807) is 14.7 Å². The van der Waals surface area contributed by atoms with Crippen LogP contribution in [0.4, 0.5) is 27.6 Å². The first kappa shape index (κ1) is 42.0. The van der Waals surface area contributed by atoms with Crippen LogP contribution < -0.4 is 0 Å². The quantitative estimate of drug-likeness (QED) is 0.204. The minimum absolute atomic E-state index is 0.0470. The molecule has 0 bridgehead atoms. The van der Waals surface area contributed by atoms with Crippen LogP contribution in [0.5, 0.6) is 0 Å². The Morgan fingerprint density at radius 3 is 0.907 bits per heavy atom. The number of benzene rings is 3. The van der Waals surface area contributed by atoms with Gasteiger partial charge in [-0.25, -0.2) is 14.4 Å². The van der Waals surface area contributed by atoms with Crippen molar-refractivity contribution in [1.82, 2.24) is 14.7 Å². The van der Waals surface area contributed by atoms with E-state index >= 15 is 0 Å². The molecule has 3 amide bonds. The van der Waals surface area contributed by atoms with Crippen molar-refractivity contribution in [3.63, 3.8) is 0 Å². The van der Waals surface area contributed by atoms with Gasteiger partial charge in [-0.3, -0.25) is 13.2 Å². The lowest BCUT2D eigenvalue weighted by atomic mass is 10.0. The molecule has 3 aliphatic heterocycles. The molecule has 3 aromatic carbocycles. The molecule has 0 radical (unpaired) electrons. The lowest BCUT2D eigenvalue weighted by Gasteiger charge is -2.15. The summed E-state index contributed by atoms with van der Waals surface area (Å²) in [4.78, 5) is 40.2. The van der Waals surface area contributed by atoms with Gasteiger partial charge in [0.2, 0.25) is 0 Å². The van der Waals surface area contributed by atoms with Crippen molar-refractivity contribution in [1.29, 1.82) is 0 Å². The van der Waals surface area contributed by atoms with Gasteiger partial charge in [0.05, 0.1) is 20.0 Å². The molecule has 54 heavy (non-hydrogen) atoms. The van der Waals surface area contributed by atoms with E-state index in [0.717, 1.165) is 16.7 Å². The van der Waals surface area contributed by atoms with Crippen molar-refractivity contribution >= 4 is 18.3 Å². The Morgan fingerprint density at radius 2 is 0.704 bits per heavy atom. The van der Waals surface area contributed by atoms with Gasteiger partial charge in [0.15, 0.2) is 0 Å². The number of ether oxygens (including phenoxy) is 3. The van der Waals surface area contributed by atoms with Crippen molar-refractivity contribution in [3.8, 4) is 0 Å². The maximum absolute atomic E-state index is 12.7. The normalized spacial score (nSPS) is 23.1. The number of rotatable bonds is 9. The van der Waals surface area contributed by atoms with Crippen LogP contribution in [0.2, 0.25) is 0 Å². The Morgan fingerprint density at radius 1 is 0.463 bits per heavy atom. The molecule has 3 aromatic rings. The molecular weight excluding hydrogens is 699 g/mol. The minimum atomic E-state index is -0.371. The fraction of sp³-hybridized carbons (Fsp3) is 0.500. The summed E-state index contributed by atoms with van der Waals surface area (Å²) < 4.78 is 53.6. The van der Waals surface area contributed by atoms with E-state index < -0.39 is 0 Å². The highest BCUT2D eigenvalue weighted by Gasteiger charge is 2.35. The van der Waals surface area contributed by atoms with Crippen molar-refractivity contribution in [2.24, 2.45) is 35.5 Å². The largest absolute Gasteiger partial charge is 0.445 e. The number of amides is 3. The molecule has 3 aliphatic rings. The maximum atomic E-state index is 12.7. The van der Waals surface area contributed by atoms with Gasteiger partial charge in [0, 0.05) is 57.0 Å². The third kappa shape index (κ3) is 13.0. The minimum Gasteiger partial charge on any atom is -0.445 e. The van der Waals surface area contributed by atoms with Crippen molar-refractivity contribution in [2.75, 3.05) is 59.3 Å². The number of hydrogen-bond donors (Lipinski definition) is 0. The lowest BCUT2D eigenvalue weighted by molar-refractivity contribution is 0.101. The third-order valence-corrected chi connectivity index (χ3v) is 10.3. The number of carbonyl (C=O) groups is 3. The van der Waals surface area contributed by atoms with Gasteiger partial charge >= 0.3 is 18.3 Å². The van der Waals surface area contributed by atoms with Gasteiger partial charge in [-0.15, -0.1) is 0 Å². The molecule has 3 saturated heterocycles. The molecule has 9 nitrogen and oxygen atoms in total. The first-order valence-electron chi connectivity index (χ1n) is 18.7. The number of carbonyl (C=O) groups excluding carboxylic acids is 3. The Hall–Kier alpha value is -4.74. The van der Waals surface area contributed by atoms with Crippen molar-refractivity contribution in [2.45, 2.75) is 40.6 Å². The van der Waals surface area contributed by atoms with Gasteiger partial charge in [-0.1, -0.05) is 112 Å². The van der Waals surface area contributed by atoms with Crippen LogP contribution in [-0.4, -0.2) is 92.3 Å². The summed E-state index contributed by atoms with van der Waals surface area (Å²) in [6.45, 7) is 8.74. The zero-order valence-electron chi connectivity index (χ0n) is 31.5. The Bertz CT molecular complexity index is 1370. The monoisotopic (exact) mass is 753 g/mol. The summed E-state index contributed by atoms with van der Waals surface area (Å²) in [7, 11) is 0. The fourth-order valence-electron chi connectivity index (χ4n) is 6.58. The second kappa shape index (κ2) is 21.8. The van der Waals surface area contributed by atoms with E-state index in [1.807, 2.05) is 112 Å². The molecule has 0 unspecified atom stereocenters. The molecular formula is C42H54F3N3O6. The van der Waals surface area contributed by atoms with Crippen LogP contribution >= 0.6 is 0 Å². The number of nitrogens with zero attached hydrogens (tertiary/aromatic N) is 3. The summed E-state index contributed by atoms with van der Waals surface area (Å²) in [5.41, 5.74) is 2.88. The van der Waals surface area contributed by atoms with E-state index in [4.69, 9.17) is 14.2 Å². The number of alkyl halides is 3. The van der Waals surface area contributed by atoms with Crippen LogP contribution in [0.3, 0.4) is 0 Å². The van der Waals surface area contributed by atoms with Crippen LogP contribution in [0, 0.1) is 35.5 Å². The molecule has 0 aromatic heterocycles. The maximum Gasteiger partial charge on any atom is 0.410 e. The van der Waals surface area contributed by atoms with Crippen LogP contribution in [-0.2, 0) is 34.0 Å². The third-order valence-electron chi connectivity index (χ3n) is 10.3. The number of likely N-dealkylation sites (tertiary alicyclic amines) is 3. The SMILES string of the molecule is C[C@@H]1CN(C(=O)OCc2ccccc2)C[C@@H]1CF.C[C@@H]1CN(C(=O)OCc2ccccc2)C[C@@H]1CF.C[C@H]1CN(C(=O)OCc2ccccc2)C[C@H]1CF. The molecule has 6 atom stereocenters. The summed E-state index contributed by atoms with van der Waals surface area (Å²) in [5, 5.41) is 0. The second-order valence-electron chi connectivity index (χ2n) is 14.5. The second-order valence-corrected chi connectivity index (χ2v) is 14.5. The van der Waals surface area contributed by atoms with Crippen molar-refractivity contribution < 1.29 is 41.8 Å². The summed E-state index contributed by atoms with van der Waals surface area (Å²) >= 11 is 0. The van der Waals surface area contributed by atoms with Crippen LogP contribution in [0.1, 0.15) is 37.5 Å². The predicted molar refractivity (Wildman–Crippen MR) is 200 cm³/mol. The Labute approximate surface area is 317 Å². The van der Waals surface area contributed by atoms with Gasteiger partial charge in [0.25, 0.3) is 0 Å². The molecule has 0 spiro atoms. The lowest BCUT2D eigenvalue weighted by Crippen LogP contribution is -2.29. The zero-order chi connectivity index (χ0) is 38.9. The summed E-state index contributed by atoms with van der Waals surface area (Å²) in [5.74, 6) is 0.482. The van der Waals surface area contributed by atoms with E-state index in [0.29, 0.717) is 39.3 Å². The highest BCUT2D eigenvalue weighted by atomic mass is 19.1. The van der Waals surface area contributed by atoms with E-state index in [1.165, 1.54) is 0 Å².